The van der Waals surface area contributed by atoms with E-state index in [0.717, 1.165) is 18.5 Å². The molecule has 104 valence electrons. The highest BCUT2D eigenvalue weighted by molar-refractivity contribution is 5.58. The van der Waals surface area contributed by atoms with Crippen molar-refractivity contribution in [1.82, 2.24) is 0 Å². The summed E-state index contributed by atoms with van der Waals surface area (Å²) in [6.45, 7) is 1.02. The van der Waals surface area contributed by atoms with Crippen LogP contribution >= 0.6 is 0 Å². The van der Waals surface area contributed by atoms with Crippen LogP contribution in [0.3, 0.4) is 0 Å². The summed E-state index contributed by atoms with van der Waals surface area (Å²) < 4.78 is 13.6. The van der Waals surface area contributed by atoms with Gasteiger partial charge in [0.15, 0.2) is 0 Å². The molecule has 0 saturated heterocycles. The molecule has 0 amide bonds. The number of halogens is 1. The van der Waals surface area contributed by atoms with Crippen molar-refractivity contribution < 1.29 is 9.50 Å². The third kappa shape index (κ3) is 2.41. The van der Waals surface area contributed by atoms with Crippen LogP contribution in [0.5, 0.6) is 0 Å². The first-order valence-electron chi connectivity index (χ1n) is 6.90. The number of hydrogen-bond donors (Lipinski definition) is 1. The van der Waals surface area contributed by atoms with Crippen molar-refractivity contribution in [3.05, 3.63) is 65.0 Å². The van der Waals surface area contributed by atoms with Gasteiger partial charge < -0.3 is 10.0 Å². The second-order valence-corrected chi connectivity index (χ2v) is 5.37. The van der Waals surface area contributed by atoms with Crippen LogP contribution in [0, 0.1) is 5.82 Å². The fourth-order valence-electron chi connectivity index (χ4n) is 2.78. The van der Waals surface area contributed by atoms with Gasteiger partial charge >= 0.3 is 0 Å². The molecule has 20 heavy (non-hydrogen) atoms. The molecule has 3 heteroatoms. The zero-order valence-electron chi connectivity index (χ0n) is 11.5. The Bertz CT molecular complexity index is 626. The molecule has 3 rings (SSSR count). The van der Waals surface area contributed by atoms with Crippen molar-refractivity contribution >= 4 is 5.69 Å². The summed E-state index contributed by atoms with van der Waals surface area (Å²) in [6, 6.07) is 12.6. The minimum absolute atomic E-state index is 0.257. The lowest BCUT2D eigenvalue weighted by molar-refractivity contribution is 0.177. The Labute approximate surface area is 118 Å². The van der Waals surface area contributed by atoms with Gasteiger partial charge in [0.1, 0.15) is 5.82 Å². The van der Waals surface area contributed by atoms with E-state index in [2.05, 4.69) is 11.9 Å². The lowest BCUT2D eigenvalue weighted by Crippen LogP contribution is -2.12. The van der Waals surface area contributed by atoms with Crippen molar-refractivity contribution in [2.24, 2.45) is 0 Å². The first-order chi connectivity index (χ1) is 9.65. The van der Waals surface area contributed by atoms with E-state index in [1.54, 1.807) is 18.2 Å². The van der Waals surface area contributed by atoms with Crippen LogP contribution in [0.2, 0.25) is 0 Å². The Morgan fingerprint density at radius 3 is 2.85 bits per heavy atom. The van der Waals surface area contributed by atoms with Crippen molar-refractivity contribution in [2.45, 2.75) is 18.9 Å². The monoisotopic (exact) mass is 271 g/mol. The molecule has 0 fully saturated rings. The molecule has 2 aromatic rings. The van der Waals surface area contributed by atoms with E-state index in [0.29, 0.717) is 12.0 Å². The van der Waals surface area contributed by atoms with Gasteiger partial charge in [-0.1, -0.05) is 30.3 Å². The SMILES string of the molecule is CN1CCc2cc(C(O)Cc3ccccc3F)ccc21. The minimum atomic E-state index is -0.664. The van der Waals surface area contributed by atoms with Crippen molar-refractivity contribution in [1.29, 1.82) is 0 Å². The highest BCUT2D eigenvalue weighted by Gasteiger charge is 2.18. The van der Waals surface area contributed by atoms with E-state index in [1.807, 2.05) is 18.2 Å². The van der Waals surface area contributed by atoms with Gasteiger partial charge in [0.2, 0.25) is 0 Å². The summed E-state index contributed by atoms with van der Waals surface area (Å²) >= 11 is 0. The van der Waals surface area contributed by atoms with Crippen LogP contribution in [0.1, 0.15) is 22.8 Å². The molecule has 1 atom stereocenters. The van der Waals surface area contributed by atoms with E-state index in [-0.39, 0.29) is 5.82 Å². The zero-order valence-corrected chi connectivity index (χ0v) is 11.5. The number of hydrogen-bond acceptors (Lipinski definition) is 2. The molecule has 1 aliphatic heterocycles. The molecular formula is C17H18FNO. The van der Waals surface area contributed by atoms with Gasteiger partial charge in [-0.15, -0.1) is 0 Å². The van der Waals surface area contributed by atoms with Crippen LogP contribution in [-0.4, -0.2) is 18.7 Å². The third-order valence-electron chi connectivity index (χ3n) is 3.99. The lowest BCUT2D eigenvalue weighted by Gasteiger charge is -2.15. The number of fused-ring (bicyclic) bond motifs is 1. The molecular weight excluding hydrogens is 253 g/mol. The van der Waals surface area contributed by atoms with E-state index < -0.39 is 6.10 Å². The van der Waals surface area contributed by atoms with Gasteiger partial charge in [0.25, 0.3) is 0 Å². The Balaban J connectivity index is 1.81. The second-order valence-electron chi connectivity index (χ2n) is 5.37. The summed E-state index contributed by atoms with van der Waals surface area (Å²) in [5.41, 5.74) is 3.91. The number of likely N-dealkylation sites (N-methyl/N-ethyl adjacent to an activating group) is 1. The Morgan fingerprint density at radius 1 is 1.25 bits per heavy atom. The Morgan fingerprint density at radius 2 is 2.05 bits per heavy atom. The second kappa shape index (κ2) is 5.25. The number of benzene rings is 2. The quantitative estimate of drug-likeness (QED) is 0.927. The molecule has 2 aromatic carbocycles. The predicted molar refractivity (Wildman–Crippen MR) is 78.5 cm³/mol. The molecule has 0 spiro atoms. The molecule has 1 heterocycles. The van der Waals surface area contributed by atoms with Gasteiger partial charge in [0.05, 0.1) is 6.10 Å². The number of aliphatic hydroxyl groups is 1. The minimum Gasteiger partial charge on any atom is -0.388 e. The first-order valence-corrected chi connectivity index (χ1v) is 6.90. The summed E-state index contributed by atoms with van der Waals surface area (Å²) in [6.07, 6.45) is 0.649. The van der Waals surface area contributed by atoms with Gasteiger partial charge in [-0.05, 0) is 35.2 Å². The van der Waals surface area contributed by atoms with Gasteiger partial charge in [-0.2, -0.15) is 0 Å². The third-order valence-corrected chi connectivity index (χ3v) is 3.99. The standard InChI is InChI=1S/C17H18FNO/c1-19-9-8-13-10-14(6-7-16(13)19)17(20)11-12-4-2-3-5-15(12)18/h2-7,10,17,20H,8-9,11H2,1H3. The molecule has 0 saturated carbocycles. The number of aliphatic hydroxyl groups excluding tert-OH is 1. The molecule has 0 radical (unpaired) electrons. The lowest BCUT2D eigenvalue weighted by atomic mass is 9.98. The topological polar surface area (TPSA) is 23.5 Å². The molecule has 1 unspecified atom stereocenters. The van der Waals surface area contributed by atoms with Gasteiger partial charge in [0, 0.05) is 25.7 Å². The van der Waals surface area contributed by atoms with Gasteiger partial charge in [-0.25, -0.2) is 4.39 Å². The van der Waals surface area contributed by atoms with Crippen LogP contribution in [0.4, 0.5) is 10.1 Å². The average Bonchev–Trinajstić information content (AvgIpc) is 2.82. The fraction of sp³-hybridized carbons (Fsp3) is 0.294. The molecule has 2 nitrogen and oxygen atoms in total. The summed E-state index contributed by atoms with van der Waals surface area (Å²) in [5, 5.41) is 10.3. The van der Waals surface area contributed by atoms with Crippen molar-refractivity contribution in [3.63, 3.8) is 0 Å². The van der Waals surface area contributed by atoms with Crippen LogP contribution in [0.25, 0.3) is 0 Å². The maximum absolute atomic E-state index is 13.6. The summed E-state index contributed by atoms with van der Waals surface area (Å²) in [5.74, 6) is -0.257. The largest absolute Gasteiger partial charge is 0.388 e. The first kappa shape index (κ1) is 13.1. The van der Waals surface area contributed by atoms with Crippen LogP contribution in [0.15, 0.2) is 42.5 Å². The highest BCUT2D eigenvalue weighted by Crippen LogP contribution is 2.30. The van der Waals surface area contributed by atoms with Crippen LogP contribution in [-0.2, 0) is 12.8 Å². The normalized spacial score (nSPS) is 15.2. The van der Waals surface area contributed by atoms with Gasteiger partial charge in [-0.3, -0.25) is 0 Å². The molecule has 1 aliphatic rings. The fourth-order valence-corrected chi connectivity index (χ4v) is 2.78. The van der Waals surface area contributed by atoms with E-state index >= 15 is 0 Å². The number of anilines is 1. The van der Waals surface area contributed by atoms with E-state index in [4.69, 9.17) is 0 Å². The predicted octanol–water partition coefficient (Wildman–Crippen LogP) is 3.09. The van der Waals surface area contributed by atoms with Crippen LogP contribution < -0.4 is 4.90 Å². The molecule has 1 N–H and O–H groups in total. The highest BCUT2D eigenvalue weighted by atomic mass is 19.1. The molecule has 0 bridgehead atoms. The van der Waals surface area contributed by atoms with Crippen molar-refractivity contribution in [2.75, 3.05) is 18.5 Å². The molecule has 0 aromatic heterocycles. The summed E-state index contributed by atoms with van der Waals surface area (Å²) in [7, 11) is 2.07. The Kier molecular flexibility index (Phi) is 3.45. The zero-order chi connectivity index (χ0) is 14.1. The summed E-state index contributed by atoms with van der Waals surface area (Å²) in [4.78, 5) is 2.21. The van der Waals surface area contributed by atoms with E-state index in [1.165, 1.54) is 17.3 Å². The van der Waals surface area contributed by atoms with Crippen molar-refractivity contribution in [3.8, 4) is 0 Å². The number of rotatable bonds is 3. The smallest absolute Gasteiger partial charge is 0.126 e. The Hall–Kier alpha value is -1.87. The molecule has 0 aliphatic carbocycles. The van der Waals surface area contributed by atoms with E-state index in [9.17, 15) is 9.50 Å². The maximum Gasteiger partial charge on any atom is 0.126 e. The average molecular weight is 271 g/mol. The maximum atomic E-state index is 13.6. The number of nitrogens with zero attached hydrogens (tertiary/aromatic N) is 1.